The second-order valence-electron chi connectivity index (χ2n) is 6.00. The molecule has 30 heavy (non-hydrogen) atoms. The Balaban J connectivity index is 1.94. The number of benzene rings is 2. The molecule has 3 aromatic rings. The first-order valence-electron chi connectivity index (χ1n) is 8.73. The molecule has 1 heterocycles. The molecule has 0 spiro atoms. The van der Waals surface area contributed by atoms with E-state index in [4.69, 9.17) is 4.74 Å². The number of nitro benzene ring substituents is 1. The van der Waals surface area contributed by atoms with Crippen LogP contribution in [0.4, 0.5) is 11.4 Å². The largest absolute Gasteiger partial charge is 0.495 e. The molecule has 0 saturated carbocycles. The Morgan fingerprint density at radius 2 is 1.90 bits per heavy atom. The van der Waals surface area contributed by atoms with E-state index in [1.54, 1.807) is 47.8 Å². The molecule has 0 aliphatic heterocycles. The number of anilines is 1. The highest BCUT2D eigenvalue weighted by molar-refractivity contribution is 7.12. The Morgan fingerprint density at radius 3 is 2.60 bits per heavy atom. The normalized spacial score (nSPS) is 10.9. The summed E-state index contributed by atoms with van der Waals surface area (Å²) < 4.78 is 5.23. The molecule has 152 valence electrons. The molecule has 2 aromatic carbocycles. The van der Waals surface area contributed by atoms with Crippen molar-refractivity contribution in [3.8, 4) is 5.75 Å². The zero-order valence-electron chi connectivity index (χ0n) is 15.8. The molecule has 0 saturated heterocycles. The van der Waals surface area contributed by atoms with Crippen molar-refractivity contribution in [1.82, 2.24) is 5.32 Å². The number of non-ortho nitro benzene ring substituents is 1. The maximum atomic E-state index is 12.9. The molecule has 2 N–H and O–H groups in total. The fourth-order valence-electron chi connectivity index (χ4n) is 2.58. The minimum absolute atomic E-state index is 0.0696. The van der Waals surface area contributed by atoms with E-state index < -0.39 is 16.7 Å². The first-order valence-corrected chi connectivity index (χ1v) is 9.61. The van der Waals surface area contributed by atoms with E-state index in [-0.39, 0.29) is 11.4 Å². The number of rotatable bonds is 7. The quantitative estimate of drug-likeness (QED) is 0.338. The monoisotopic (exact) mass is 423 g/mol. The van der Waals surface area contributed by atoms with Crippen LogP contribution < -0.4 is 15.4 Å². The molecule has 0 bridgehead atoms. The molecule has 0 aliphatic rings. The minimum atomic E-state index is -0.601. The summed E-state index contributed by atoms with van der Waals surface area (Å²) in [4.78, 5) is 36.4. The highest BCUT2D eigenvalue weighted by Gasteiger charge is 2.17. The van der Waals surface area contributed by atoms with Crippen LogP contribution in [0.3, 0.4) is 0 Å². The zero-order valence-corrected chi connectivity index (χ0v) is 16.6. The van der Waals surface area contributed by atoms with Gasteiger partial charge in [0.2, 0.25) is 0 Å². The van der Waals surface area contributed by atoms with Gasteiger partial charge in [-0.05, 0) is 35.2 Å². The lowest BCUT2D eigenvalue weighted by molar-refractivity contribution is -0.384. The van der Waals surface area contributed by atoms with E-state index in [0.29, 0.717) is 21.9 Å². The van der Waals surface area contributed by atoms with Gasteiger partial charge in [0.05, 0.1) is 22.6 Å². The highest BCUT2D eigenvalue weighted by Crippen LogP contribution is 2.24. The number of amides is 2. The van der Waals surface area contributed by atoms with Gasteiger partial charge < -0.3 is 15.4 Å². The average Bonchev–Trinajstić information content (AvgIpc) is 3.29. The van der Waals surface area contributed by atoms with Crippen molar-refractivity contribution in [1.29, 1.82) is 0 Å². The molecule has 0 fully saturated rings. The van der Waals surface area contributed by atoms with Gasteiger partial charge >= 0.3 is 0 Å². The smallest absolute Gasteiger partial charge is 0.272 e. The number of nitrogens with one attached hydrogen (secondary N) is 2. The van der Waals surface area contributed by atoms with Gasteiger partial charge in [0.1, 0.15) is 11.4 Å². The van der Waals surface area contributed by atoms with Crippen molar-refractivity contribution >= 4 is 40.6 Å². The van der Waals surface area contributed by atoms with E-state index in [2.05, 4.69) is 10.6 Å². The van der Waals surface area contributed by atoms with Gasteiger partial charge in [0, 0.05) is 12.1 Å². The van der Waals surface area contributed by atoms with Crippen LogP contribution in [-0.4, -0.2) is 23.8 Å². The number of ether oxygens (including phenoxy) is 1. The second-order valence-corrected chi connectivity index (χ2v) is 6.94. The van der Waals surface area contributed by atoms with Crippen molar-refractivity contribution in [3.05, 3.63) is 92.3 Å². The Hall–Kier alpha value is -3.98. The average molecular weight is 423 g/mol. The SMILES string of the molecule is COc1ccccc1NC(=O)/C(=C/c1cccc([N+](=O)[O-])c1)NC(=O)c1cccs1. The summed E-state index contributed by atoms with van der Waals surface area (Å²) in [6.07, 6.45) is 1.38. The maximum Gasteiger partial charge on any atom is 0.272 e. The Bertz CT molecular complexity index is 1110. The molecule has 8 nitrogen and oxygen atoms in total. The molecule has 3 rings (SSSR count). The number of para-hydroxylation sites is 2. The molecule has 9 heteroatoms. The summed E-state index contributed by atoms with van der Waals surface area (Å²) in [7, 11) is 1.48. The first kappa shape index (κ1) is 20.7. The third kappa shape index (κ3) is 5.09. The summed E-state index contributed by atoms with van der Waals surface area (Å²) in [6.45, 7) is 0. The molecule has 1 aromatic heterocycles. The van der Waals surface area contributed by atoms with Crippen LogP contribution in [0.25, 0.3) is 6.08 Å². The molecule has 0 unspecified atom stereocenters. The summed E-state index contributed by atoms with van der Waals surface area (Å²) in [5, 5.41) is 18.1. The molecule has 0 atom stereocenters. The second kappa shape index (κ2) is 9.48. The lowest BCUT2D eigenvalue weighted by Gasteiger charge is -2.13. The molecular weight excluding hydrogens is 406 g/mol. The van der Waals surface area contributed by atoms with E-state index in [0.717, 1.165) is 0 Å². The van der Waals surface area contributed by atoms with Crippen LogP contribution in [0.15, 0.2) is 71.7 Å². The predicted octanol–water partition coefficient (Wildman–Crippen LogP) is 4.07. The van der Waals surface area contributed by atoms with E-state index in [1.807, 2.05) is 0 Å². The van der Waals surface area contributed by atoms with Gasteiger partial charge in [0.25, 0.3) is 17.5 Å². The number of methoxy groups -OCH3 is 1. The van der Waals surface area contributed by atoms with Gasteiger partial charge in [-0.15, -0.1) is 11.3 Å². The standard InChI is InChI=1S/C21H17N3O5S/c1-29-18-9-3-2-8-16(18)22-20(25)17(23-21(26)19-10-5-11-30-19)13-14-6-4-7-15(12-14)24(27)28/h2-13H,1H3,(H,22,25)(H,23,26)/b17-13-. The number of carbonyl (C=O) groups is 2. The number of nitro groups is 1. The van der Waals surface area contributed by atoms with E-state index in [9.17, 15) is 19.7 Å². The van der Waals surface area contributed by atoms with Gasteiger partial charge in [-0.3, -0.25) is 19.7 Å². The van der Waals surface area contributed by atoms with Gasteiger partial charge in [-0.1, -0.05) is 30.3 Å². The topological polar surface area (TPSA) is 111 Å². The van der Waals surface area contributed by atoms with Crippen molar-refractivity contribution < 1.29 is 19.2 Å². The summed E-state index contributed by atoms with van der Waals surface area (Å²) in [5.74, 6) is -0.613. The third-order valence-electron chi connectivity index (χ3n) is 3.99. The zero-order chi connectivity index (χ0) is 21.5. The maximum absolute atomic E-state index is 12.9. The van der Waals surface area contributed by atoms with Crippen molar-refractivity contribution in [3.63, 3.8) is 0 Å². The summed E-state index contributed by atoms with van der Waals surface area (Å²) >= 11 is 1.23. The third-order valence-corrected chi connectivity index (χ3v) is 4.85. The van der Waals surface area contributed by atoms with Crippen LogP contribution in [0.5, 0.6) is 5.75 Å². The van der Waals surface area contributed by atoms with Crippen LogP contribution >= 0.6 is 11.3 Å². The van der Waals surface area contributed by atoms with E-state index in [1.165, 1.54) is 42.7 Å². The number of hydrogen-bond acceptors (Lipinski definition) is 6. The van der Waals surface area contributed by atoms with Gasteiger partial charge in [-0.2, -0.15) is 0 Å². The molecule has 0 radical (unpaired) electrons. The summed E-state index contributed by atoms with van der Waals surface area (Å²) in [6, 6.07) is 15.9. The van der Waals surface area contributed by atoms with Gasteiger partial charge in [0.15, 0.2) is 0 Å². The Labute approximate surface area is 176 Å². The Kier molecular flexibility index (Phi) is 6.56. The van der Waals surface area contributed by atoms with Crippen molar-refractivity contribution in [2.24, 2.45) is 0 Å². The predicted molar refractivity (Wildman–Crippen MR) is 114 cm³/mol. The van der Waals surface area contributed by atoms with Crippen LogP contribution in [-0.2, 0) is 4.79 Å². The van der Waals surface area contributed by atoms with Crippen LogP contribution in [0.2, 0.25) is 0 Å². The first-order chi connectivity index (χ1) is 14.5. The Morgan fingerprint density at radius 1 is 1.10 bits per heavy atom. The highest BCUT2D eigenvalue weighted by atomic mass is 32.1. The number of carbonyl (C=O) groups excluding carboxylic acids is 2. The van der Waals surface area contributed by atoms with Crippen LogP contribution in [0.1, 0.15) is 15.2 Å². The number of hydrogen-bond donors (Lipinski definition) is 2. The van der Waals surface area contributed by atoms with Crippen molar-refractivity contribution in [2.45, 2.75) is 0 Å². The lowest BCUT2D eigenvalue weighted by Crippen LogP contribution is -2.30. The van der Waals surface area contributed by atoms with Gasteiger partial charge in [-0.25, -0.2) is 0 Å². The number of thiophene rings is 1. The fourth-order valence-corrected chi connectivity index (χ4v) is 3.20. The fraction of sp³-hybridized carbons (Fsp3) is 0.0476. The molecule has 0 aliphatic carbocycles. The minimum Gasteiger partial charge on any atom is -0.495 e. The lowest BCUT2D eigenvalue weighted by atomic mass is 10.1. The van der Waals surface area contributed by atoms with E-state index >= 15 is 0 Å². The van der Waals surface area contributed by atoms with Crippen LogP contribution in [0, 0.1) is 10.1 Å². The van der Waals surface area contributed by atoms with Crippen molar-refractivity contribution in [2.75, 3.05) is 12.4 Å². The molecular formula is C21H17N3O5S. The number of nitrogens with zero attached hydrogens (tertiary/aromatic N) is 1. The summed E-state index contributed by atoms with van der Waals surface area (Å²) in [5.41, 5.74) is 0.610. The molecule has 2 amide bonds.